The zero-order valence-electron chi connectivity index (χ0n) is 9.79. The number of rotatable bonds is 4. The van der Waals surface area contributed by atoms with Crippen LogP contribution in [-0.2, 0) is 6.54 Å². The number of nitrogens with one attached hydrogen (secondary N) is 1. The molecule has 0 spiro atoms. The van der Waals surface area contributed by atoms with Gasteiger partial charge >= 0.3 is 5.97 Å². The highest BCUT2D eigenvalue weighted by molar-refractivity contribution is 5.92. The number of aromatic nitrogens is 3. The number of nitrogens with zero attached hydrogens (tertiary/aromatic N) is 3. The third kappa shape index (κ3) is 2.60. The maximum atomic E-state index is 11.0. The second-order valence-corrected chi connectivity index (χ2v) is 3.72. The van der Waals surface area contributed by atoms with E-state index < -0.39 is 5.97 Å². The van der Waals surface area contributed by atoms with Crippen LogP contribution in [-0.4, -0.2) is 26.3 Å². The fourth-order valence-electron chi connectivity index (χ4n) is 1.51. The number of pyridine rings is 1. The average Bonchev–Trinajstić information content (AvgIpc) is 2.38. The summed E-state index contributed by atoms with van der Waals surface area (Å²) in [6.45, 7) is 2.35. The van der Waals surface area contributed by atoms with E-state index in [9.17, 15) is 4.79 Å². The first-order valence-electron chi connectivity index (χ1n) is 5.38. The Morgan fingerprint density at radius 2 is 2.22 bits per heavy atom. The van der Waals surface area contributed by atoms with Crippen molar-refractivity contribution in [1.82, 2.24) is 15.2 Å². The van der Waals surface area contributed by atoms with Gasteiger partial charge < -0.3 is 10.4 Å². The van der Waals surface area contributed by atoms with Gasteiger partial charge in [0.05, 0.1) is 18.4 Å². The molecule has 18 heavy (non-hydrogen) atoms. The lowest BCUT2D eigenvalue weighted by Gasteiger charge is -2.08. The molecule has 2 rings (SSSR count). The van der Waals surface area contributed by atoms with E-state index in [1.807, 2.05) is 19.1 Å². The van der Waals surface area contributed by atoms with Crippen molar-refractivity contribution >= 4 is 11.8 Å². The highest BCUT2D eigenvalue weighted by Crippen LogP contribution is 2.12. The van der Waals surface area contributed by atoms with Gasteiger partial charge in [-0.3, -0.25) is 4.98 Å². The van der Waals surface area contributed by atoms with Gasteiger partial charge in [-0.1, -0.05) is 6.07 Å². The molecule has 0 aliphatic rings. The summed E-state index contributed by atoms with van der Waals surface area (Å²) in [5.74, 6) is -0.791. The predicted molar refractivity (Wildman–Crippen MR) is 65.3 cm³/mol. The van der Waals surface area contributed by atoms with E-state index in [0.29, 0.717) is 6.54 Å². The summed E-state index contributed by atoms with van der Waals surface area (Å²) in [5.41, 5.74) is 1.98. The summed E-state index contributed by atoms with van der Waals surface area (Å²) >= 11 is 0. The minimum absolute atomic E-state index is 0.0959. The molecule has 0 amide bonds. The monoisotopic (exact) mass is 244 g/mol. The molecular formula is C12H12N4O2. The maximum Gasteiger partial charge on any atom is 0.339 e. The minimum atomic E-state index is -1.04. The van der Waals surface area contributed by atoms with Crippen molar-refractivity contribution in [1.29, 1.82) is 0 Å². The van der Waals surface area contributed by atoms with E-state index in [1.54, 1.807) is 6.20 Å². The van der Waals surface area contributed by atoms with E-state index in [1.165, 1.54) is 12.3 Å². The zero-order chi connectivity index (χ0) is 13.0. The fraction of sp³-hybridized carbons (Fsp3) is 0.167. The molecule has 2 N–H and O–H groups in total. The Balaban J connectivity index is 2.16. The molecule has 92 valence electrons. The summed E-state index contributed by atoms with van der Waals surface area (Å²) in [5, 5.41) is 19.4. The number of aromatic carboxylic acids is 1. The first-order valence-corrected chi connectivity index (χ1v) is 5.38. The van der Waals surface area contributed by atoms with E-state index in [4.69, 9.17) is 5.11 Å². The lowest BCUT2D eigenvalue weighted by Crippen LogP contribution is -2.10. The molecule has 2 heterocycles. The molecular weight excluding hydrogens is 232 g/mol. The quantitative estimate of drug-likeness (QED) is 0.847. The van der Waals surface area contributed by atoms with Gasteiger partial charge in [0.15, 0.2) is 5.82 Å². The molecule has 0 atom stereocenters. The molecule has 0 saturated heterocycles. The maximum absolute atomic E-state index is 11.0. The van der Waals surface area contributed by atoms with Gasteiger partial charge in [0.25, 0.3) is 0 Å². The molecule has 2 aromatic heterocycles. The van der Waals surface area contributed by atoms with Crippen LogP contribution in [0.4, 0.5) is 5.82 Å². The number of aryl methyl sites for hydroxylation is 1. The Kier molecular flexibility index (Phi) is 3.47. The van der Waals surface area contributed by atoms with Gasteiger partial charge in [-0.05, 0) is 24.6 Å². The molecule has 6 nitrogen and oxygen atoms in total. The number of carboxylic acids is 1. The van der Waals surface area contributed by atoms with Crippen molar-refractivity contribution in [3.8, 4) is 0 Å². The normalized spacial score (nSPS) is 10.1. The van der Waals surface area contributed by atoms with Crippen LogP contribution >= 0.6 is 0 Å². The van der Waals surface area contributed by atoms with Gasteiger partial charge in [0.1, 0.15) is 5.56 Å². The summed E-state index contributed by atoms with van der Waals surface area (Å²) in [6, 6.07) is 5.20. The molecule has 0 radical (unpaired) electrons. The van der Waals surface area contributed by atoms with Gasteiger partial charge in [0, 0.05) is 6.20 Å². The van der Waals surface area contributed by atoms with Crippen LogP contribution < -0.4 is 5.32 Å². The van der Waals surface area contributed by atoms with Crippen molar-refractivity contribution in [3.63, 3.8) is 0 Å². The number of anilines is 1. The molecule has 0 aliphatic carbocycles. The van der Waals surface area contributed by atoms with Crippen LogP contribution in [0, 0.1) is 6.92 Å². The molecule has 2 aromatic rings. The lowest BCUT2D eigenvalue weighted by atomic mass is 10.2. The molecule has 0 fully saturated rings. The largest absolute Gasteiger partial charge is 0.478 e. The number of carbonyl (C=O) groups is 1. The van der Waals surface area contributed by atoms with Crippen molar-refractivity contribution in [2.24, 2.45) is 0 Å². The van der Waals surface area contributed by atoms with Gasteiger partial charge in [-0.25, -0.2) is 4.79 Å². The summed E-state index contributed by atoms with van der Waals surface area (Å²) in [7, 11) is 0. The molecule has 0 unspecified atom stereocenters. The first kappa shape index (κ1) is 12.0. The van der Waals surface area contributed by atoms with Crippen molar-refractivity contribution in [3.05, 3.63) is 47.4 Å². The van der Waals surface area contributed by atoms with Crippen LogP contribution in [0.2, 0.25) is 0 Å². The molecule has 0 aromatic carbocycles. The fourth-order valence-corrected chi connectivity index (χ4v) is 1.51. The van der Waals surface area contributed by atoms with E-state index in [2.05, 4.69) is 20.5 Å². The number of hydrogen-bond donors (Lipinski definition) is 2. The van der Waals surface area contributed by atoms with Gasteiger partial charge in [-0.2, -0.15) is 5.10 Å². The standard InChI is InChI=1S/C12H12N4O2/c1-8-3-2-5-13-10(8)7-14-11-9(12(17)18)4-6-15-16-11/h2-6H,7H2,1H3,(H,14,16)(H,17,18). The Labute approximate surface area is 104 Å². The smallest absolute Gasteiger partial charge is 0.339 e. The minimum Gasteiger partial charge on any atom is -0.478 e. The highest BCUT2D eigenvalue weighted by atomic mass is 16.4. The van der Waals surface area contributed by atoms with Crippen molar-refractivity contribution in [2.75, 3.05) is 5.32 Å². The first-order chi connectivity index (χ1) is 8.68. The van der Waals surface area contributed by atoms with Crippen molar-refractivity contribution < 1.29 is 9.90 Å². The molecule has 0 saturated carbocycles. The third-order valence-electron chi connectivity index (χ3n) is 2.49. The molecule has 6 heteroatoms. The number of carboxylic acid groups (broad SMARTS) is 1. The zero-order valence-corrected chi connectivity index (χ0v) is 9.79. The SMILES string of the molecule is Cc1cccnc1CNc1nnccc1C(=O)O. The summed E-state index contributed by atoms with van der Waals surface area (Å²) < 4.78 is 0. The van der Waals surface area contributed by atoms with Crippen LogP contribution in [0.5, 0.6) is 0 Å². The summed E-state index contributed by atoms with van der Waals surface area (Å²) in [4.78, 5) is 15.2. The van der Waals surface area contributed by atoms with Crippen LogP contribution in [0.15, 0.2) is 30.6 Å². The number of hydrogen-bond acceptors (Lipinski definition) is 5. The van der Waals surface area contributed by atoms with Gasteiger partial charge in [0.2, 0.25) is 0 Å². The topological polar surface area (TPSA) is 88.0 Å². The Morgan fingerprint density at radius 1 is 1.39 bits per heavy atom. The van der Waals surface area contributed by atoms with Gasteiger partial charge in [-0.15, -0.1) is 5.10 Å². The van der Waals surface area contributed by atoms with Crippen molar-refractivity contribution in [2.45, 2.75) is 13.5 Å². The second kappa shape index (κ2) is 5.22. The third-order valence-corrected chi connectivity index (χ3v) is 2.49. The lowest BCUT2D eigenvalue weighted by molar-refractivity contribution is 0.0697. The average molecular weight is 244 g/mol. The Bertz CT molecular complexity index is 572. The molecule has 0 bridgehead atoms. The molecule has 0 aliphatic heterocycles. The predicted octanol–water partition coefficient (Wildman–Crippen LogP) is 1.49. The highest BCUT2D eigenvalue weighted by Gasteiger charge is 2.11. The Hall–Kier alpha value is -2.50. The second-order valence-electron chi connectivity index (χ2n) is 3.72. The van der Waals surface area contributed by atoms with E-state index in [0.717, 1.165) is 11.3 Å². The van der Waals surface area contributed by atoms with E-state index >= 15 is 0 Å². The van der Waals surface area contributed by atoms with E-state index in [-0.39, 0.29) is 11.4 Å². The van der Waals surface area contributed by atoms with Crippen LogP contribution in [0.3, 0.4) is 0 Å². The Morgan fingerprint density at radius 3 is 2.94 bits per heavy atom. The van der Waals surface area contributed by atoms with Crippen LogP contribution in [0.25, 0.3) is 0 Å². The summed E-state index contributed by atoms with van der Waals surface area (Å²) in [6.07, 6.45) is 3.04. The van der Waals surface area contributed by atoms with Crippen LogP contribution in [0.1, 0.15) is 21.6 Å².